The largest absolute Gasteiger partial charge is 0.494 e. The zero-order valence-electron chi connectivity index (χ0n) is 8.99. The minimum absolute atomic E-state index is 0.284. The average molecular weight is 287 g/mol. The van der Waals surface area contributed by atoms with Gasteiger partial charge in [-0.2, -0.15) is 0 Å². The van der Waals surface area contributed by atoms with Crippen molar-refractivity contribution in [1.82, 2.24) is 0 Å². The second-order valence-corrected chi connectivity index (χ2v) is 4.22. The van der Waals surface area contributed by atoms with Gasteiger partial charge in [0.05, 0.1) is 12.2 Å². The molecule has 88 valence electrons. The van der Waals surface area contributed by atoms with Gasteiger partial charge in [-0.05, 0) is 43.5 Å². The average Bonchev–Trinajstić information content (AvgIpc) is 2.29. The van der Waals surface area contributed by atoms with Crippen molar-refractivity contribution in [3.05, 3.63) is 29.8 Å². The van der Waals surface area contributed by atoms with Gasteiger partial charge in [0.2, 0.25) is 0 Å². The smallest absolute Gasteiger partial charge is 0.335 e. The Hall–Kier alpha value is -1.03. The highest BCUT2D eigenvalue weighted by atomic mass is 79.9. The second-order valence-electron chi connectivity index (χ2n) is 3.43. The molecule has 0 amide bonds. The molecule has 0 bridgehead atoms. The number of alkyl halides is 1. The third-order valence-corrected chi connectivity index (χ3v) is 2.71. The molecule has 0 aliphatic rings. The number of carboxylic acids is 1. The summed E-state index contributed by atoms with van der Waals surface area (Å²) in [4.78, 5) is 10.6. The summed E-state index contributed by atoms with van der Waals surface area (Å²) in [7, 11) is 0. The van der Waals surface area contributed by atoms with Gasteiger partial charge in [-0.25, -0.2) is 4.79 Å². The molecule has 1 N–H and O–H groups in total. The predicted octanol–water partition coefficient (Wildman–Crippen LogP) is 3.33. The lowest BCUT2D eigenvalue weighted by Crippen LogP contribution is -1.99. The van der Waals surface area contributed by atoms with Gasteiger partial charge in [-0.3, -0.25) is 0 Å². The Labute approximate surface area is 104 Å². The summed E-state index contributed by atoms with van der Waals surface area (Å²) >= 11 is 3.37. The van der Waals surface area contributed by atoms with Crippen molar-refractivity contribution in [1.29, 1.82) is 0 Å². The number of unbranched alkanes of at least 4 members (excludes halogenated alkanes) is 2. The highest BCUT2D eigenvalue weighted by molar-refractivity contribution is 9.09. The van der Waals surface area contributed by atoms with Gasteiger partial charge in [0, 0.05) is 5.33 Å². The number of hydrogen-bond donors (Lipinski definition) is 1. The van der Waals surface area contributed by atoms with Crippen molar-refractivity contribution < 1.29 is 14.6 Å². The van der Waals surface area contributed by atoms with Crippen LogP contribution in [0, 0.1) is 0 Å². The van der Waals surface area contributed by atoms with E-state index in [1.807, 2.05) is 0 Å². The topological polar surface area (TPSA) is 46.5 Å². The Morgan fingerprint density at radius 2 is 1.88 bits per heavy atom. The monoisotopic (exact) mass is 286 g/mol. The predicted molar refractivity (Wildman–Crippen MR) is 66.5 cm³/mol. The SMILES string of the molecule is O=C(O)c1ccc(OCCCCCBr)cc1. The minimum atomic E-state index is -0.913. The lowest BCUT2D eigenvalue weighted by molar-refractivity contribution is 0.0697. The van der Waals surface area contributed by atoms with Gasteiger partial charge in [-0.1, -0.05) is 15.9 Å². The van der Waals surface area contributed by atoms with E-state index in [2.05, 4.69) is 15.9 Å². The van der Waals surface area contributed by atoms with Crippen molar-refractivity contribution in [3.63, 3.8) is 0 Å². The molecule has 0 spiro atoms. The molecule has 4 heteroatoms. The van der Waals surface area contributed by atoms with Gasteiger partial charge >= 0.3 is 5.97 Å². The first-order valence-electron chi connectivity index (χ1n) is 5.26. The number of carbonyl (C=O) groups is 1. The van der Waals surface area contributed by atoms with Crippen LogP contribution in [0.15, 0.2) is 24.3 Å². The minimum Gasteiger partial charge on any atom is -0.494 e. The van der Waals surface area contributed by atoms with Gasteiger partial charge in [-0.15, -0.1) is 0 Å². The first-order valence-corrected chi connectivity index (χ1v) is 6.38. The molecule has 0 heterocycles. The van der Waals surface area contributed by atoms with Gasteiger partial charge in [0.1, 0.15) is 5.75 Å². The van der Waals surface area contributed by atoms with Crippen molar-refractivity contribution in [2.45, 2.75) is 19.3 Å². The summed E-state index contributed by atoms with van der Waals surface area (Å²) in [5.41, 5.74) is 0.284. The quantitative estimate of drug-likeness (QED) is 0.618. The van der Waals surface area contributed by atoms with E-state index >= 15 is 0 Å². The summed E-state index contributed by atoms with van der Waals surface area (Å²) in [6, 6.07) is 6.48. The Morgan fingerprint density at radius 1 is 1.19 bits per heavy atom. The molecule has 1 aromatic carbocycles. The molecular formula is C12H15BrO3. The fraction of sp³-hybridized carbons (Fsp3) is 0.417. The van der Waals surface area contributed by atoms with Crippen LogP contribution in [0.2, 0.25) is 0 Å². The number of halogens is 1. The van der Waals surface area contributed by atoms with Crippen LogP contribution in [0.1, 0.15) is 29.6 Å². The van der Waals surface area contributed by atoms with Crippen molar-refractivity contribution in [2.24, 2.45) is 0 Å². The van der Waals surface area contributed by atoms with Crippen LogP contribution in [0.5, 0.6) is 5.75 Å². The van der Waals surface area contributed by atoms with E-state index in [1.54, 1.807) is 24.3 Å². The van der Waals surface area contributed by atoms with E-state index in [0.717, 1.165) is 30.3 Å². The number of rotatable bonds is 7. The van der Waals surface area contributed by atoms with Crippen LogP contribution in [0.3, 0.4) is 0 Å². The summed E-state index contributed by atoms with van der Waals surface area (Å²) in [6.45, 7) is 0.680. The number of benzene rings is 1. The second kappa shape index (κ2) is 7.28. The van der Waals surface area contributed by atoms with Crippen molar-refractivity contribution in [3.8, 4) is 5.75 Å². The molecule has 0 aliphatic carbocycles. The van der Waals surface area contributed by atoms with Crippen molar-refractivity contribution >= 4 is 21.9 Å². The highest BCUT2D eigenvalue weighted by Crippen LogP contribution is 2.12. The summed E-state index contributed by atoms with van der Waals surface area (Å²) in [5, 5.41) is 9.73. The zero-order valence-corrected chi connectivity index (χ0v) is 10.6. The van der Waals surface area contributed by atoms with E-state index in [4.69, 9.17) is 9.84 Å². The summed E-state index contributed by atoms with van der Waals surface area (Å²) < 4.78 is 5.48. The molecule has 1 aromatic rings. The number of aromatic carboxylic acids is 1. The van der Waals surface area contributed by atoms with E-state index in [0.29, 0.717) is 6.61 Å². The molecule has 0 saturated carbocycles. The number of carboxylic acid groups (broad SMARTS) is 1. The van der Waals surface area contributed by atoms with Gasteiger partial charge in [0.25, 0.3) is 0 Å². The van der Waals surface area contributed by atoms with Crippen LogP contribution in [-0.4, -0.2) is 23.0 Å². The molecule has 0 saturated heterocycles. The van der Waals surface area contributed by atoms with Gasteiger partial charge in [0.15, 0.2) is 0 Å². The van der Waals surface area contributed by atoms with E-state index < -0.39 is 5.97 Å². The fourth-order valence-electron chi connectivity index (χ4n) is 1.26. The molecular weight excluding hydrogens is 272 g/mol. The van der Waals surface area contributed by atoms with Crippen molar-refractivity contribution in [2.75, 3.05) is 11.9 Å². The molecule has 3 nitrogen and oxygen atoms in total. The van der Waals surface area contributed by atoms with Crippen LogP contribution in [0.4, 0.5) is 0 Å². The molecule has 0 radical (unpaired) electrons. The molecule has 0 aliphatic heterocycles. The Bertz CT molecular complexity index is 322. The fourth-order valence-corrected chi connectivity index (χ4v) is 1.65. The zero-order chi connectivity index (χ0) is 11.8. The highest BCUT2D eigenvalue weighted by Gasteiger charge is 2.01. The maximum atomic E-state index is 10.6. The Kier molecular flexibility index (Phi) is 5.93. The number of hydrogen-bond acceptors (Lipinski definition) is 2. The van der Waals surface area contributed by atoms with Crippen LogP contribution in [-0.2, 0) is 0 Å². The van der Waals surface area contributed by atoms with E-state index in [9.17, 15) is 4.79 Å². The van der Waals surface area contributed by atoms with Crippen LogP contribution < -0.4 is 4.74 Å². The molecule has 1 rings (SSSR count). The first-order chi connectivity index (χ1) is 7.74. The molecule has 0 unspecified atom stereocenters. The molecule has 0 atom stereocenters. The Morgan fingerprint density at radius 3 is 2.44 bits per heavy atom. The maximum Gasteiger partial charge on any atom is 0.335 e. The summed E-state index contributed by atoms with van der Waals surface area (Å²) in [5.74, 6) is -0.187. The normalized spacial score (nSPS) is 10.1. The third kappa shape index (κ3) is 4.66. The van der Waals surface area contributed by atoms with Gasteiger partial charge < -0.3 is 9.84 Å². The summed E-state index contributed by atoms with van der Waals surface area (Å²) in [6.07, 6.45) is 3.31. The standard InChI is InChI=1S/C12H15BrO3/c13-8-2-1-3-9-16-11-6-4-10(5-7-11)12(14)15/h4-7H,1-3,8-9H2,(H,14,15). The van der Waals surface area contributed by atoms with Crippen LogP contribution in [0.25, 0.3) is 0 Å². The lowest BCUT2D eigenvalue weighted by atomic mass is 10.2. The molecule has 0 aromatic heterocycles. The lowest BCUT2D eigenvalue weighted by Gasteiger charge is -2.05. The Balaban J connectivity index is 2.29. The maximum absolute atomic E-state index is 10.6. The number of ether oxygens (including phenoxy) is 1. The molecule has 0 fully saturated rings. The van der Waals surface area contributed by atoms with E-state index in [1.165, 1.54) is 0 Å². The third-order valence-electron chi connectivity index (χ3n) is 2.15. The molecule has 16 heavy (non-hydrogen) atoms. The first kappa shape index (κ1) is 13.0. The van der Waals surface area contributed by atoms with E-state index in [-0.39, 0.29) is 5.56 Å². The van der Waals surface area contributed by atoms with Crippen LogP contribution >= 0.6 is 15.9 Å².